The molecule has 1 heterocycles. The molecular weight excluding hydrogens is 305 g/mol. The van der Waals surface area contributed by atoms with Crippen LogP contribution in [0.15, 0.2) is 27.6 Å². The van der Waals surface area contributed by atoms with Crippen LogP contribution >= 0.6 is 15.9 Å². The van der Waals surface area contributed by atoms with Gasteiger partial charge in [-0.05, 0) is 35.0 Å². The fourth-order valence-electron chi connectivity index (χ4n) is 1.60. The van der Waals surface area contributed by atoms with E-state index in [2.05, 4.69) is 20.9 Å². The monoisotopic (exact) mass is 313 g/mol. The quantitative estimate of drug-likeness (QED) is 0.867. The van der Waals surface area contributed by atoms with Crippen LogP contribution in [0, 0.1) is 5.82 Å². The maximum atomic E-state index is 13.7. The summed E-state index contributed by atoms with van der Waals surface area (Å²) in [6.07, 6.45) is 1.16. The predicted molar refractivity (Wildman–Crippen MR) is 68.2 cm³/mol. The maximum absolute atomic E-state index is 13.7. The minimum atomic E-state index is -0.719. The molecule has 18 heavy (non-hydrogen) atoms. The first kappa shape index (κ1) is 12.8. The number of pyridine rings is 1. The second-order valence-corrected chi connectivity index (χ2v) is 4.39. The molecule has 0 fully saturated rings. The van der Waals surface area contributed by atoms with E-state index in [-0.39, 0.29) is 27.5 Å². The third-order valence-corrected chi connectivity index (χ3v) is 3.05. The van der Waals surface area contributed by atoms with Crippen LogP contribution in [0.3, 0.4) is 0 Å². The molecule has 0 amide bonds. The number of aromatic nitrogens is 1. The van der Waals surface area contributed by atoms with Crippen LogP contribution in [0.2, 0.25) is 0 Å². The van der Waals surface area contributed by atoms with E-state index in [4.69, 9.17) is 4.74 Å². The van der Waals surface area contributed by atoms with Crippen LogP contribution in [-0.2, 0) is 4.74 Å². The minimum absolute atomic E-state index is 0.0578. The zero-order valence-electron chi connectivity index (χ0n) is 9.42. The summed E-state index contributed by atoms with van der Waals surface area (Å²) in [6.45, 7) is 1.81. The van der Waals surface area contributed by atoms with Crippen LogP contribution in [0.25, 0.3) is 10.9 Å². The molecule has 0 aliphatic rings. The van der Waals surface area contributed by atoms with Crippen molar-refractivity contribution in [2.75, 3.05) is 6.61 Å². The number of ether oxygens (including phenoxy) is 1. The Morgan fingerprint density at radius 3 is 2.89 bits per heavy atom. The number of H-pyrrole nitrogens is 1. The van der Waals surface area contributed by atoms with Gasteiger partial charge in [0, 0.05) is 11.6 Å². The third kappa shape index (κ3) is 2.03. The molecule has 0 bridgehead atoms. The topological polar surface area (TPSA) is 59.2 Å². The number of hydrogen-bond acceptors (Lipinski definition) is 3. The van der Waals surface area contributed by atoms with Crippen molar-refractivity contribution in [2.24, 2.45) is 0 Å². The van der Waals surface area contributed by atoms with Crippen molar-refractivity contribution in [1.82, 2.24) is 4.98 Å². The van der Waals surface area contributed by atoms with Crippen molar-refractivity contribution in [3.8, 4) is 0 Å². The van der Waals surface area contributed by atoms with Crippen LogP contribution in [0.4, 0.5) is 4.39 Å². The first-order chi connectivity index (χ1) is 8.56. The fraction of sp³-hybridized carbons (Fsp3) is 0.167. The molecule has 94 valence electrons. The van der Waals surface area contributed by atoms with Gasteiger partial charge in [-0.1, -0.05) is 0 Å². The van der Waals surface area contributed by atoms with Crippen LogP contribution < -0.4 is 5.43 Å². The highest BCUT2D eigenvalue weighted by Gasteiger charge is 2.16. The van der Waals surface area contributed by atoms with Crippen molar-refractivity contribution >= 4 is 32.8 Å². The molecule has 6 heteroatoms. The van der Waals surface area contributed by atoms with Crippen LogP contribution in [-0.4, -0.2) is 17.6 Å². The Bertz CT molecular complexity index is 681. The number of carbonyl (C=O) groups is 1. The molecule has 0 aliphatic carbocycles. The zero-order chi connectivity index (χ0) is 13.3. The Balaban J connectivity index is 2.70. The summed E-state index contributed by atoms with van der Waals surface area (Å²) >= 11 is 3.02. The molecule has 2 rings (SSSR count). The number of nitrogens with one attached hydrogen (secondary N) is 1. The molecule has 0 unspecified atom stereocenters. The van der Waals surface area contributed by atoms with E-state index in [1.165, 1.54) is 12.1 Å². The van der Waals surface area contributed by atoms with Gasteiger partial charge in [0.2, 0.25) is 5.43 Å². The second-order valence-electron chi connectivity index (χ2n) is 3.54. The summed E-state index contributed by atoms with van der Waals surface area (Å²) in [5.74, 6) is -1.29. The van der Waals surface area contributed by atoms with Gasteiger partial charge in [0.25, 0.3) is 0 Å². The highest BCUT2D eigenvalue weighted by molar-refractivity contribution is 9.10. The standard InChI is InChI=1S/C12H9BrFNO3/c1-2-18-12(17)7-5-15-10-6(11(7)16)3-4-8(13)9(10)14/h3-5H,2H2,1H3,(H,15,16). The molecule has 0 atom stereocenters. The summed E-state index contributed by atoms with van der Waals surface area (Å²) in [5, 5.41) is 0.112. The number of aromatic amines is 1. The Labute approximate surface area is 110 Å². The highest BCUT2D eigenvalue weighted by Crippen LogP contribution is 2.21. The Kier molecular flexibility index (Phi) is 3.47. The van der Waals surface area contributed by atoms with Gasteiger partial charge in [0.1, 0.15) is 5.56 Å². The lowest BCUT2D eigenvalue weighted by Gasteiger charge is -2.04. The third-order valence-electron chi connectivity index (χ3n) is 2.44. The summed E-state index contributed by atoms with van der Waals surface area (Å²) in [4.78, 5) is 26.1. The second kappa shape index (κ2) is 4.89. The summed E-state index contributed by atoms with van der Waals surface area (Å²) in [5.41, 5.74) is -0.623. The number of carbonyl (C=O) groups excluding carboxylic acids is 1. The molecular formula is C12H9BrFNO3. The summed E-state index contributed by atoms with van der Waals surface area (Å²) in [7, 11) is 0. The molecule has 0 spiro atoms. The average Bonchev–Trinajstić information content (AvgIpc) is 2.34. The predicted octanol–water partition coefficient (Wildman–Crippen LogP) is 2.61. The number of fused-ring (bicyclic) bond motifs is 1. The van der Waals surface area contributed by atoms with Gasteiger partial charge in [0.15, 0.2) is 5.82 Å². The van der Waals surface area contributed by atoms with E-state index in [0.717, 1.165) is 6.20 Å². The van der Waals surface area contributed by atoms with Crippen molar-refractivity contribution < 1.29 is 13.9 Å². The highest BCUT2D eigenvalue weighted by atomic mass is 79.9. The Morgan fingerprint density at radius 2 is 2.22 bits per heavy atom. The number of halogens is 2. The van der Waals surface area contributed by atoms with E-state index in [1.54, 1.807) is 6.92 Å². The molecule has 1 N–H and O–H groups in total. The lowest BCUT2D eigenvalue weighted by Crippen LogP contribution is -2.18. The molecule has 2 aromatic rings. The maximum Gasteiger partial charge on any atom is 0.343 e. The largest absolute Gasteiger partial charge is 0.462 e. The zero-order valence-corrected chi connectivity index (χ0v) is 11.0. The number of benzene rings is 1. The molecule has 0 saturated carbocycles. The van der Waals surface area contributed by atoms with Crippen molar-refractivity contribution in [3.05, 3.63) is 44.4 Å². The van der Waals surface area contributed by atoms with Crippen molar-refractivity contribution in [3.63, 3.8) is 0 Å². The van der Waals surface area contributed by atoms with Gasteiger partial charge in [-0.25, -0.2) is 9.18 Å². The van der Waals surface area contributed by atoms with Crippen LogP contribution in [0.5, 0.6) is 0 Å². The Hall–Kier alpha value is -1.69. The lowest BCUT2D eigenvalue weighted by molar-refractivity contribution is 0.0524. The van der Waals surface area contributed by atoms with E-state index >= 15 is 0 Å². The molecule has 0 radical (unpaired) electrons. The van der Waals surface area contributed by atoms with E-state index < -0.39 is 17.2 Å². The van der Waals surface area contributed by atoms with E-state index in [9.17, 15) is 14.0 Å². The molecule has 0 saturated heterocycles. The first-order valence-electron chi connectivity index (χ1n) is 5.22. The molecule has 0 aliphatic heterocycles. The Morgan fingerprint density at radius 1 is 1.50 bits per heavy atom. The van der Waals surface area contributed by atoms with E-state index in [0.29, 0.717) is 0 Å². The number of rotatable bonds is 2. The average molecular weight is 314 g/mol. The summed E-state index contributed by atoms with van der Waals surface area (Å²) in [6, 6.07) is 2.87. The number of esters is 1. The molecule has 1 aromatic heterocycles. The lowest BCUT2D eigenvalue weighted by atomic mass is 10.1. The summed E-state index contributed by atoms with van der Waals surface area (Å²) < 4.78 is 18.7. The van der Waals surface area contributed by atoms with Gasteiger partial charge in [-0.2, -0.15) is 0 Å². The minimum Gasteiger partial charge on any atom is -0.462 e. The molecule has 4 nitrogen and oxygen atoms in total. The van der Waals surface area contributed by atoms with Gasteiger partial charge in [-0.3, -0.25) is 4.79 Å². The van der Waals surface area contributed by atoms with Gasteiger partial charge in [0.05, 0.1) is 16.6 Å². The van der Waals surface area contributed by atoms with Crippen molar-refractivity contribution in [1.29, 1.82) is 0 Å². The fourth-order valence-corrected chi connectivity index (χ4v) is 1.93. The van der Waals surface area contributed by atoms with Crippen LogP contribution in [0.1, 0.15) is 17.3 Å². The normalized spacial score (nSPS) is 10.6. The van der Waals surface area contributed by atoms with E-state index in [1.807, 2.05) is 0 Å². The SMILES string of the molecule is CCOC(=O)c1c[nH]c2c(F)c(Br)ccc2c1=O. The molecule has 1 aromatic carbocycles. The number of hydrogen-bond donors (Lipinski definition) is 1. The smallest absolute Gasteiger partial charge is 0.343 e. The van der Waals surface area contributed by atoms with Gasteiger partial charge < -0.3 is 9.72 Å². The first-order valence-corrected chi connectivity index (χ1v) is 6.02. The van der Waals surface area contributed by atoms with Crippen molar-refractivity contribution in [2.45, 2.75) is 6.92 Å². The van der Waals surface area contributed by atoms with Gasteiger partial charge in [-0.15, -0.1) is 0 Å². The van der Waals surface area contributed by atoms with Gasteiger partial charge >= 0.3 is 5.97 Å².